The van der Waals surface area contributed by atoms with Crippen molar-refractivity contribution >= 4 is 21.5 Å². The van der Waals surface area contributed by atoms with Gasteiger partial charge in [-0.3, -0.25) is 4.79 Å². The van der Waals surface area contributed by atoms with E-state index in [0.29, 0.717) is 19.3 Å². The minimum absolute atomic E-state index is 0.0599. The first-order valence-electron chi connectivity index (χ1n) is 6.22. The molecule has 0 aromatic heterocycles. The molecule has 2 aliphatic heterocycles. The fourth-order valence-corrected chi connectivity index (χ4v) is 3.60. The highest BCUT2D eigenvalue weighted by Crippen LogP contribution is 2.16. The van der Waals surface area contributed by atoms with Crippen LogP contribution in [0.25, 0.3) is 0 Å². The SMILES string of the molecule is CCC1=NO[C@@H](C(=O)NC2CCS(=O)(=O)CC2)C1. The summed E-state index contributed by atoms with van der Waals surface area (Å²) >= 11 is 0. The summed E-state index contributed by atoms with van der Waals surface area (Å²) in [5, 5.41) is 6.67. The summed E-state index contributed by atoms with van der Waals surface area (Å²) in [4.78, 5) is 16.9. The van der Waals surface area contributed by atoms with E-state index in [9.17, 15) is 13.2 Å². The van der Waals surface area contributed by atoms with Gasteiger partial charge in [-0.2, -0.15) is 0 Å². The van der Waals surface area contributed by atoms with Crippen molar-refractivity contribution in [3.63, 3.8) is 0 Å². The van der Waals surface area contributed by atoms with Crippen LogP contribution >= 0.6 is 0 Å². The summed E-state index contributed by atoms with van der Waals surface area (Å²) in [6.07, 6.45) is 1.75. The normalized spacial score (nSPS) is 27.4. The number of hydrogen-bond acceptors (Lipinski definition) is 5. The lowest BCUT2D eigenvalue weighted by atomic mass is 10.1. The van der Waals surface area contributed by atoms with E-state index in [4.69, 9.17) is 4.84 Å². The fraction of sp³-hybridized carbons (Fsp3) is 0.818. The Balaban J connectivity index is 1.79. The molecule has 2 heterocycles. The van der Waals surface area contributed by atoms with Crippen molar-refractivity contribution < 1.29 is 18.0 Å². The van der Waals surface area contributed by atoms with Gasteiger partial charge in [0.15, 0.2) is 0 Å². The molecule has 2 rings (SSSR count). The van der Waals surface area contributed by atoms with Gasteiger partial charge in [-0.05, 0) is 19.3 Å². The van der Waals surface area contributed by atoms with Gasteiger partial charge in [0, 0.05) is 12.5 Å². The Hall–Kier alpha value is -1.11. The third-order valence-corrected chi connectivity index (χ3v) is 5.05. The molecule has 1 amide bonds. The molecule has 0 saturated carbocycles. The van der Waals surface area contributed by atoms with Crippen LogP contribution in [0.5, 0.6) is 0 Å². The summed E-state index contributed by atoms with van der Waals surface area (Å²) in [5.74, 6) is 0.117. The van der Waals surface area contributed by atoms with E-state index in [-0.39, 0.29) is 23.5 Å². The van der Waals surface area contributed by atoms with Crippen LogP contribution in [0.2, 0.25) is 0 Å². The molecule has 2 aliphatic rings. The Morgan fingerprint density at radius 1 is 1.44 bits per heavy atom. The number of carbonyl (C=O) groups excluding carboxylic acids is 1. The van der Waals surface area contributed by atoms with E-state index < -0.39 is 15.9 Å². The van der Waals surface area contributed by atoms with Crippen molar-refractivity contribution in [1.29, 1.82) is 0 Å². The number of amides is 1. The van der Waals surface area contributed by atoms with Crippen LogP contribution < -0.4 is 5.32 Å². The summed E-state index contributed by atoms with van der Waals surface area (Å²) in [5.41, 5.74) is 0.890. The molecule has 1 saturated heterocycles. The van der Waals surface area contributed by atoms with E-state index >= 15 is 0 Å². The molecule has 18 heavy (non-hydrogen) atoms. The van der Waals surface area contributed by atoms with Crippen LogP contribution in [-0.2, 0) is 19.5 Å². The Morgan fingerprint density at radius 3 is 2.67 bits per heavy atom. The van der Waals surface area contributed by atoms with E-state index in [1.807, 2.05) is 6.92 Å². The van der Waals surface area contributed by atoms with Gasteiger partial charge >= 0.3 is 0 Å². The first kappa shape index (κ1) is 13.3. The maximum atomic E-state index is 11.9. The largest absolute Gasteiger partial charge is 0.382 e. The molecule has 1 N–H and O–H groups in total. The van der Waals surface area contributed by atoms with Crippen LogP contribution in [0.15, 0.2) is 5.16 Å². The molecule has 0 aliphatic carbocycles. The van der Waals surface area contributed by atoms with Gasteiger partial charge in [0.2, 0.25) is 6.10 Å². The van der Waals surface area contributed by atoms with Gasteiger partial charge in [-0.25, -0.2) is 8.42 Å². The number of sulfone groups is 1. The highest BCUT2D eigenvalue weighted by Gasteiger charge is 2.31. The lowest BCUT2D eigenvalue weighted by Gasteiger charge is -2.23. The summed E-state index contributed by atoms with van der Waals surface area (Å²) < 4.78 is 22.5. The topological polar surface area (TPSA) is 84.8 Å². The predicted molar refractivity (Wildman–Crippen MR) is 67.0 cm³/mol. The van der Waals surface area contributed by atoms with Crippen molar-refractivity contribution in [3.05, 3.63) is 0 Å². The molecule has 0 spiro atoms. The Labute approximate surface area is 107 Å². The van der Waals surface area contributed by atoms with Crippen LogP contribution in [0.4, 0.5) is 0 Å². The molecule has 6 nitrogen and oxygen atoms in total. The molecule has 0 aromatic carbocycles. The zero-order valence-corrected chi connectivity index (χ0v) is 11.2. The smallest absolute Gasteiger partial charge is 0.264 e. The maximum absolute atomic E-state index is 11.9. The van der Waals surface area contributed by atoms with Gasteiger partial charge < -0.3 is 10.2 Å². The molecular formula is C11H18N2O4S. The summed E-state index contributed by atoms with van der Waals surface area (Å²) in [7, 11) is -2.89. The molecule has 1 fully saturated rings. The number of carbonyl (C=O) groups is 1. The molecule has 0 unspecified atom stereocenters. The highest BCUT2D eigenvalue weighted by molar-refractivity contribution is 7.91. The van der Waals surface area contributed by atoms with Gasteiger partial charge in [0.25, 0.3) is 5.91 Å². The van der Waals surface area contributed by atoms with Gasteiger partial charge in [0.05, 0.1) is 17.2 Å². The van der Waals surface area contributed by atoms with Crippen molar-refractivity contribution in [2.75, 3.05) is 11.5 Å². The summed E-state index contributed by atoms with van der Waals surface area (Å²) in [6, 6.07) is -0.0599. The van der Waals surface area contributed by atoms with Crippen LogP contribution in [-0.4, -0.2) is 43.7 Å². The number of nitrogens with zero attached hydrogens (tertiary/aromatic N) is 1. The molecule has 1 atom stereocenters. The van der Waals surface area contributed by atoms with Crippen molar-refractivity contribution in [3.8, 4) is 0 Å². The quantitative estimate of drug-likeness (QED) is 0.798. The Kier molecular flexibility index (Phi) is 3.89. The van der Waals surface area contributed by atoms with Crippen LogP contribution in [0, 0.1) is 0 Å². The second kappa shape index (κ2) is 5.26. The van der Waals surface area contributed by atoms with E-state index in [1.54, 1.807) is 0 Å². The molecule has 0 aromatic rings. The first-order valence-corrected chi connectivity index (χ1v) is 8.04. The number of nitrogens with one attached hydrogen (secondary N) is 1. The minimum Gasteiger partial charge on any atom is -0.382 e. The lowest BCUT2D eigenvalue weighted by molar-refractivity contribution is -0.132. The highest BCUT2D eigenvalue weighted by atomic mass is 32.2. The second-order valence-corrected chi connectivity index (χ2v) is 7.05. The lowest BCUT2D eigenvalue weighted by Crippen LogP contribution is -2.45. The number of hydrogen-bond donors (Lipinski definition) is 1. The van der Waals surface area contributed by atoms with Crippen LogP contribution in [0.3, 0.4) is 0 Å². The van der Waals surface area contributed by atoms with E-state index in [0.717, 1.165) is 12.1 Å². The van der Waals surface area contributed by atoms with Crippen molar-refractivity contribution in [2.45, 2.75) is 44.8 Å². The third kappa shape index (κ3) is 3.22. The fourth-order valence-electron chi connectivity index (χ4n) is 2.10. The molecule has 0 radical (unpaired) electrons. The number of oxime groups is 1. The third-order valence-electron chi connectivity index (χ3n) is 3.33. The Bertz CT molecular complexity index is 444. The van der Waals surface area contributed by atoms with Gasteiger partial charge in [-0.1, -0.05) is 12.1 Å². The van der Waals surface area contributed by atoms with Gasteiger partial charge in [-0.15, -0.1) is 0 Å². The standard InChI is InChI=1S/C11H18N2O4S/c1-2-8-7-10(17-13-8)11(14)12-9-3-5-18(15,16)6-4-9/h9-10H,2-7H2,1H3,(H,12,14)/t10-/m1/s1. The zero-order chi connectivity index (χ0) is 13.2. The minimum atomic E-state index is -2.89. The molecule has 102 valence electrons. The van der Waals surface area contributed by atoms with E-state index in [2.05, 4.69) is 10.5 Å². The van der Waals surface area contributed by atoms with Crippen molar-refractivity contribution in [1.82, 2.24) is 5.32 Å². The Morgan fingerprint density at radius 2 is 2.11 bits per heavy atom. The second-order valence-electron chi connectivity index (χ2n) is 4.74. The average molecular weight is 274 g/mol. The molecular weight excluding hydrogens is 256 g/mol. The van der Waals surface area contributed by atoms with Crippen LogP contribution in [0.1, 0.15) is 32.6 Å². The molecule has 7 heteroatoms. The number of rotatable bonds is 3. The first-order chi connectivity index (χ1) is 8.50. The summed E-state index contributed by atoms with van der Waals surface area (Å²) in [6.45, 7) is 1.97. The maximum Gasteiger partial charge on any atom is 0.264 e. The zero-order valence-electron chi connectivity index (χ0n) is 10.4. The van der Waals surface area contributed by atoms with Gasteiger partial charge in [0.1, 0.15) is 9.84 Å². The van der Waals surface area contributed by atoms with Crippen molar-refractivity contribution in [2.24, 2.45) is 5.16 Å². The predicted octanol–water partition coefficient (Wildman–Crippen LogP) is 0.235. The average Bonchev–Trinajstić information content (AvgIpc) is 2.80. The molecule has 0 bridgehead atoms. The monoisotopic (exact) mass is 274 g/mol. The van der Waals surface area contributed by atoms with E-state index in [1.165, 1.54) is 0 Å².